The van der Waals surface area contributed by atoms with E-state index in [2.05, 4.69) is 19.2 Å². The number of carbonyl (C=O) groups is 2. The van der Waals surface area contributed by atoms with Gasteiger partial charge < -0.3 is 14.8 Å². The van der Waals surface area contributed by atoms with Crippen LogP contribution in [0.2, 0.25) is 0 Å². The molecular formula is C25H32N2O4. The second kappa shape index (κ2) is 9.41. The van der Waals surface area contributed by atoms with Gasteiger partial charge in [0.25, 0.3) is 5.91 Å². The van der Waals surface area contributed by atoms with Gasteiger partial charge in [-0.3, -0.25) is 14.5 Å². The Hall–Kier alpha value is -3.02. The molecule has 0 saturated heterocycles. The van der Waals surface area contributed by atoms with Crippen LogP contribution in [0.3, 0.4) is 0 Å². The Bertz CT molecular complexity index is 956. The van der Waals surface area contributed by atoms with Crippen LogP contribution in [0.4, 0.5) is 5.69 Å². The zero-order valence-electron chi connectivity index (χ0n) is 19.0. The lowest BCUT2D eigenvalue weighted by Gasteiger charge is -2.39. The van der Waals surface area contributed by atoms with Gasteiger partial charge in [0.1, 0.15) is 17.0 Å². The predicted octanol–water partition coefficient (Wildman–Crippen LogP) is 4.22. The largest absolute Gasteiger partial charge is 0.497 e. The highest BCUT2D eigenvalue weighted by Crippen LogP contribution is 2.40. The van der Waals surface area contributed by atoms with E-state index in [4.69, 9.17) is 9.47 Å². The molecule has 1 atom stereocenters. The summed E-state index contributed by atoms with van der Waals surface area (Å²) < 4.78 is 10.9. The van der Waals surface area contributed by atoms with Gasteiger partial charge in [-0.15, -0.1) is 0 Å². The highest BCUT2D eigenvalue weighted by molar-refractivity contribution is 6.13. The summed E-state index contributed by atoms with van der Waals surface area (Å²) in [5, 5.41) is 3.06. The van der Waals surface area contributed by atoms with E-state index >= 15 is 0 Å². The minimum Gasteiger partial charge on any atom is -0.497 e. The van der Waals surface area contributed by atoms with Crippen molar-refractivity contribution in [3.8, 4) is 11.5 Å². The first kappa shape index (κ1) is 22.7. The van der Waals surface area contributed by atoms with Gasteiger partial charge in [0.05, 0.1) is 19.9 Å². The van der Waals surface area contributed by atoms with Crippen LogP contribution in [0.1, 0.15) is 49.5 Å². The van der Waals surface area contributed by atoms with E-state index in [0.29, 0.717) is 48.1 Å². The van der Waals surface area contributed by atoms with Crippen LogP contribution in [0, 0.1) is 5.92 Å². The number of methoxy groups -OCH3 is 2. The summed E-state index contributed by atoms with van der Waals surface area (Å²) in [7, 11) is 3.13. The van der Waals surface area contributed by atoms with Crippen LogP contribution in [0.5, 0.6) is 11.5 Å². The van der Waals surface area contributed by atoms with Gasteiger partial charge in [-0.2, -0.15) is 0 Å². The summed E-state index contributed by atoms with van der Waals surface area (Å²) in [6.45, 7) is 6.65. The minimum absolute atomic E-state index is 0.160. The van der Waals surface area contributed by atoms with Crippen LogP contribution in [0.25, 0.3) is 0 Å². The molecule has 6 nitrogen and oxygen atoms in total. The molecule has 0 aromatic heterocycles. The molecule has 1 aliphatic rings. The van der Waals surface area contributed by atoms with E-state index in [1.165, 1.54) is 0 Å². The molecular weight excluding hydrogens is 392 g/mol. The highest BCUT2D eigenvalue weighted by atomic mass is 16.5. The fourth-order valence-corrected chi connectivity index (χ4v) is 4.01. The van der Waals surface area contributed by atoms with Crippen molar-refractivity contribution >= 4 is 17.5 Å². The molecule has 1 N–H and O–H groups in total. The van der Waals surface area contributed by atoms with Crippen molar-refractivity contribution in [3.63, 3.8) is 0 Å². The quantitative estimate of drug-likeness (QED) is 0.723. The normalized spacial score (nSPS) is 18.4. The van der Waals surface area contributed by atoms with Gasteiger partial charge in [-0.05, 0) is 55.9 Å². The monoisotopic (exact) mass is 424 g/mol. The van der Waals surface area contributed by atoms with E-state index in [9.17, 15) is 9.59 Å². The fraction of sp³-hybridized carbons (Fsp3) is 0.440. The van der Waals surface area contributed by atoms with Crippen molar-refractivity contribution < 1.29 is 19.1 Å². The predicted molar refractivity (Wildman–Crippen MR) is 122 cm³/mol. The molecule has 0 saturated carbocycles. The summed E-state index contributed by atoms with van der Waals surface area (Å²) in [5.74, 6) is 1.20. The summed E-state index contributed by atoms with van der Waals surface area (Å²) in [4.78, 5) is 28.9. The molecule has 166 valence electrons. The average molecular weight is 425 g/mol. The Morgan fingerprint density at radius 2 is 1.90 bits per heavy atom. The molecule has 0 fully saturated rings. The molecule has 3 rings (SSSR count). The molecule has 6 heteroatoms. The Morgan fingerprint density at radius 1 is 1.16 bits per heavy atom. The lowest BCUT2D eigenvalue weighted by Crippen LogP contribution is -2.59. The zero-order chi connectivity index (χ0) is 22.6. The number of benzene rings is 2. The first-order valence-corrected chi connectivity index (χ1v) is 10.7. The van der Waals surface area contributed by atoms with Crippen molar-refractivity contribution in [1.82, 2.24) is 5.32 Å². The molecule has 1 heterocycles. The molecule has 0 spiro atoms. The van der Waals surface area contributed by atoms with Crippen LogP contribution < -0.4 is 19.7 Å². The third-order valence-corrected chi connectivity index (χ3v) is 5.95. The highest BCUT2D eigenvalue weighted by Gasteiger charge is 2.46. The molecule has 2 amide bonds. The number of amides is 2. The Morgan fingerprint density at radius 3 is 2.58 bits per heavy atom. The van der Waals surface area contributed by atoms with Gasteiger partial charge in [-0.25, -0.2) is 0 Å². The molecule has 2 aromatic rings. The smallest absolute Gasteiger partial charge is 0.259 e. The van der Waals surface area contributed by atoms with Crippen molar-refractivity contribution in [3.05, 3.63) is 53.6 Å². The van der Waals surface area contributed by atoms with Crippen LogP contribution in [-0.2, 0) is 11.2 Å². The maximum Gasteiger partial charge on any atom is 0.259 e. The summed E-state index contributed by atoms with van der Waals surface area (Å²) in [5.41, 5.74) is 1.03. The van der Waals surface area contributed by atoms with Gasteiger partial charge in [0.2, 0.25) is 5.91 Å². The maximum atomic E-state index is 13.8. The SMILES string of the molecule is COc1ccc(N2C(=O)c3ccccc3CC[C@]2(C)C(=O)NCCC(C)C)c(OC)c1. The topological polar surface area (TPSA) is 67.9 Å². The van der Waals surface area contributed by atoms with Crippen molar-refractivity contribution in [2.45, 2.75) is 45.6 Å². The standard InChI is InChI=1S/C25H32N2O4/c1-17(2)13-15-26-24(29)25(3)14-12-18-8-6-7-9-20(18)23(28)27(25)21-11-10-19(30-4)16-22(21)31-5/h6-11,16-17H,12-15H2,1-5H3,(H,26,29)/t25-/m1/s1. The third kappa shape index (κ3) is 4.53. The van der Waals surface area contributed by atoms with Gasteiger partial charge in [-0.1, -0.05) is 32.0 Å². The zero-order valence-corrected chi connectivity index (χ0v) is 19.0. The van der Waals surface area contributed by atoms with Gasteiger partial charge in [0.15, 0.2) is 0 Å². The Labute approximate surface area is 184 Å². The molecule has 31 heavy (non-hydrogen) atoms. The number of nitrogens with zero attached hydrogens (tertiary/aromatic N) is 1. The van der Waals surface area contributed by atoms with E-state index < -0.39 is 5.54 Å². The number of nitrogens with one attached hydrogen (secondary N) is 1. The molecule has 1 aliphatic heterocycles. The van der Waals surface area contributed by atoms with Crippen molar-refractivity contribution in [2.24, 2.45) is 5.92 Å². The second-order valence-corrected chi connectivity index (χ2v) is 8.55. The fourth-order valence-electron chi connectivity index (χ4n) is 4.01. The van der Waals surface area contributed by atoms with Crippen LogP contribution >= 0.6 is 0 Å². The summed E-state index contributed by atoms with van der Waals surface area (Å²) in [6.07, 6.45) is 2.01. The number of hydrogen-bond donors (Lipinski definition) is 1. The van der Waals surface area contributed by atoms with Gasteiger partial charge >= 0.3 is 0 Å². The van der Waals surface area contributed by atoms with E-state index in [1.807, 2.05) is 31.2 Å². The van der Waals surface area contributed by atoms with Crippen LogP contribution in [0.15, 0.2) is 42.5 Å². The van der Waals surface area contributed by atoms with Crippen molar-refractivity contribution in [1.29, 1.82) is 0 Å². The maximum absolute atomic E-state index is 13.8. The lowest BCUT2D eigenvalue weighted by molar-refractivity contribution is -0.126. The molecule has 0 aliphatic carbocycles. The number of ether oxygens (including phenoxy) is 2. The van der Waals surface area contributed by atoms with Crippen LogP contribution in [-0.4, -0.2) is 38.1 Å². The number of rotatable bonds is 7. The minimum atomic E-state index is -1.07. The van der Waals surface area contributed by atoms with E-state index in [-0.39, 0.29) is 11.8 Å². The van der Waals surface area contributed by atoms with E-state index in [0.717, 1.165) is 12.0 Å². The van der Waals surface area contributed by atoms with E-state index in [1.54, 1.807) is 37.3 Å². The average Bonchev–Trinajstić information content (AvgIpc) is 2.88. The lowest BCUT2D eigenvalue weighted by atomic mass is 9.91. The first-order chi connectivity index (χ1) is 14.8. The molecule has 2 aromatic carbocycles. The Balaban J connectivity index is 2.10. The third-order valence-electron chi connectivity index (χ3n) is 5.95. The number of fused-ring (bicyclic) bond motifs is 1. The Kier molecular flexibility index (Phi) is 6.88. The number of anilines is 1. The number of aryl methyl sites for hydroxylation is 1. The van der Waals surface area contributed by atoms with Gasteiger partial charge in [0, 0.05) is 18.2 Å². The summed E-state index contributed by atoms with van der Waals surface area (Å²) in [6, 6.07) is 12.8. The molecule has 0 radical (unpaired) electrons. The molecule has 0 unspecified atom stereocenters. The van der Waals surface area contributed by atoms with Crippen molar-refractivity contribution in [2.75, 3.05) is 25.7 Å². The second-order valence-electron chi connectivity index (χ2n) is 8.55. The number of carbonyl (C=O) groups excluding carboxylic acids is 2. The first-order valence-electron chi connectivity index (χ1n) is 10.7. The summed E-state index contributed by atoms with van der Waals surface area (Å²) >= 11 is 0. The molecule has 0 bridgehead atoms. The number of hydrogen-bond acceptors (Lipinski definition) is 4.